The number of carbonyl (C=O) groups excluding carboxylic acids is 1. The lowest BCUT2D eigenvalue weighted by Crippen LogP contribution is -2.41. The highest BCUT2D eigenvalue weighted by Crippen LogP contribution is 2.31. The van der Waals surface area contributed by atoms with E-state index in [4.69, 9.17) is 9.47 Å². The number of benzene rings is 1. The highest BCUT2D eigenvalue weighted by atomic mass is 127. The Labute approximate surface area is 145 Å². The van der Waals surface area contributed by atoms with Crippen LogP contribution >= 0.6 is 22.6 Å². The average Bonchev–Trinajstić information content (AvgIpc) is 3.35. The number of hydrogen-bond donors (Lipinski definition) is 1. The van der Waals surface area contributed by atoms with Gasteiger partial charge in [0.2, 0.25) is 0 Å². The third-order valence-corrected chi connectivity index (χ3v) is 4.99. The maximum Gasteiger partial charge on any atom is 0.252 e. The first kappa shape index (κ1) is 17.3. The number of methoxy groups -OCH3 is 2. The molecule has 122 valence electrons. The molecule has 1 atom stereocenters. The third kappa shape index (κ3) is 4.04. The lowest BCUT2D eigenvalue weighted by Gasteiger charge is -2.24. The molecule has 1 saturated carbocycles. The highest BCUT2D eigenvalue weighted by molar-refractivity contribution is 14.1. The fraction of sp³-hybridized carbons (Fsp3) is 0.562. The van der Waals surface area contributed by atoms with Crippen molar-refractivity contribution in [2.75, 3.05) is 27.8 Å². The lowest BCUT2D eigenvalue weighted by molar-refractivity contribution is 0.0938. The Hall–Kier alpha value is -1.02. The molecule has 0 spiro atoms. The summed E-state index contributed by atoms with van der Waals surface area (Å²) in [6.45, 7) is 2.77. The van der Waals surface area contributed by atoms with E-state index in [-0.39, 0.29) is 5.91 Å². The molecule has 0 saturated heterocycles. The summed E-state index contributed by atoms with van der Waals surface area (Å²) in [7, 11) is 5.27. The van der Waals surface area contributed by atoms with Crippen LogP contribution in [0.2, 0.25) is 0 Å². The monoisotopic (exact) mass is 418 g/mol. The number of nitrogens with zero attached hydrogens (tertiary/aromatic N) is 1. The van der Waals surface area contributed by atoms with Crippen molar-refractivity contribution in [3.05, 3.63) is 21.3 Å². The molecule has 0 aromatic heterocycles. The molecule has 1 aliphatic rings. The van der Waals surface area contributed by atoms with Crippen LogP contribution in [0.5, 0.6) is 11.5 Å². The van der Waals surface area contributed by atoms with Gasteiger partial charge in [0.25, 0.3) is 5.91 Å². The minimum Gasteiger partial charge on any atom is -0.493 e. The summed E-state index contributed by atoms with van der Waals surface area (Å²) in [4.78, 5) is 14.7. The number of amides is 1. The molecule has 1 fully saturated rings. The van der Waals surface area contributed by atoms with Gasteiger partial charge < -0.3 is 14.8 Å². The van der Waals surface area contributed by atoms with Gasteiger partial charge in [-0.2, -0.15) is 0 Å². The van der Waals surface area contributed by atoms with Crippen molar-refractivity contribution in [3.63, 3.8) is 0 Å². The average molecular weight is 418 g/mol. The third-order valence-electron chi connectivity index (χ3n) is 4.09. The number of ether oxygens (including phenoxy) is 2. The maximum absolute atomic E-state index is 12.4. The van der Waals surface area contributed by atoms with E-state index >= 15 is 0 Å². The first-order valence-electron chi connectivity index (χ1n) is 7.39. The topological polar surface area (TPSA) is 50.8 Å². The molecular formula is C16H23IN2O3. The zero-order chi connectivity index (χ0) is 16.3. The largest absolute Gasteiger partial charge is 0.493 e. The SMILES string of the molecule is COc1cc(I)c(C(=O)NCC(C)N(C)C2CC2)cc1OC. The van der Waals surface area contributed by atoms with Crippen molar-refractivity contribution in [1.29, 1.82) is 0 Å². The van der Waals surface area contributed by atoms with Crippen molar-refractivity contribution < 1.29 is 14.3 Å². The van der Waals surface area contributed by atoms with Gasteiger partial charge in [0.15, 0.2) is 11.5 Å². The summed E-state index contributed by atoms with van der Waals surface area (Å²) in [5.74, 6) is 1.11. The van der Waals surface area contributed by atoms with Gasteiger partial charge in [-0.15, -0.1) is 0 Å². The Kier molecular flexibility index (Phi) is 5.91. The smallest absolute Gasteiger partial charge is 0.252 e. The van der Waals surface area contributed by atoms with E-state index in [9.17, 15) is 4.79 Å². The predicted octanol–water partition coefficient (Wildman–Crippen LogP) is 2.52. The number of carbonyl (C=O) groups is 1. The van der Waals surface area contributed by atoms with Crippen molar-refractivity contribution in [3.8, 4) is 11.5 Å². The molecule has 0 aliphatic heterocycles. The summed E-state index contributed by atoms with van der Waals surface area (Å²) < 4.78 is 11.4. The van der Waals surface area contributed by atoms with Crippen LogP contribution in [0.25, 0.3) is 0 Å². The second-order valence-corrected chi connectivity index (χ2v) is 6.80. The van der Waals surface area contributed by atoms with E-state index in [2.05, 4.69) is 46.8 Å². The fourth-order valence-electron chi connectivity index (χ4n) is 2.35. The summed E-state index contributed by atoms with van der Waals surface area (Å²) in [5, 5.41) is 3.01. The van der Waals surface area contributed by atoms with Crippen LogP contribution in [-0.2, 0) is 0 Å². The van der Waals surface area contributed by atoms with Crippen LogP contribution < -0.4 is 14.8 Å². The van der Waals surface area contributed by atoms with Gasteiger partial charge in [-0.3, -0.25) is 9.69 Å². The molecule has 6 heteroatoms. The molecule has 1 aromatic rings. The van der Waals surface area contributed by atoms with E-state index in [1.165, 1.54) is 12.8 Å². The number of rotatable bonds is 7. The molecule has 1 aromatic carbocycles. The summed E-state index contributed by atoms with van der Waals surface area (Å²) in [5.41, 5.74) is 0.611. The van der Waals surface area contributed by atoms with Gasteiger partial charge in [-0.1, -0.05) is 0 Å². The van der Waals surface area contributed by atoms with E-state index in [1.54, 1.807) is 20.3 Å². The Balaban J connectivity index is 2.02. The van der Waals surface area contributed by atoms with Gasteiger partial charge in [0, 0.05) is 22.2 Å². The normalized spacial score (nSPS) is 15.5. The molecule has 1 amide bonds. The van der Waals surface area contributed by atoms with Crippen molar-refractivity contribution in [2.45, 2.75) is 31.8 Å². The molecule has 5 nitrogen and oxygen atoms in total. The van der Waals surface area contributed by atoms with Crippen molar-refractivity contribution in [2.24, 2.45) is 0 Å². The summed E-state index contributed by atoms with van der Waals surface area (Å²) in [6.07, 6.45) is 2.53. The second-order valence-electron chi connectivity index (χ2n) is 5.64. The van der Waals surface area contributed by atoms with Crippen LogP contribution in [0.1, 0.15) is 30.1 Å². The summed E-state index contributed by atoms with van der Waals surface area (Å²) >= 11 is 2.14. The molecule has 22 heavy (non-hydrogen) atoms. The molecule has 1 unspecified atom stereocenters. The Morgan fingerprint density at radius 3 is 2.50 bits per heavy atom. The molecule has 2 rings (SSSR count). The van der Waals surface area contributed by atoms with Gasteiger partial charge in [-0.25, -0.2) is 0 Å². The molecule has 0 bridgehead atoms. The van der Waals surface area contributed by atoms with Gasteiger partial charge in [0.1, 0.15) is 0 Å². The quantitative estimate of drug-likeness (QED) is 0.692. The second kappa shape index (κ2) is 7.50. The van der Waals surface area contributed by atoms with E-state index < -0.39 is 0 Å². The molecule has 1 aliphatic carbocycles. The lowest BCUT2D eigenvalue weighted by atomic mass is 10.1. The fourth-order valence-corrected chi connectivity index (χ4v) is 3.03. The van der Waals surface area contributed by atoms with E-state index in [0.29, 0.717) is 35.7 Å². The van der Waals surface area contributed by atoms with Gasteiger partial charge in [0.05, 0.1) is 19.8 Å². The minimum absolute atomic E-state index is 0.0820. The predicted molar refractivity (Wildman–Crippen MR) is 94.8 cm³/mol. The number of likely N-dealkylation sites (N-methyl/N-ethyl adjacent to an activating group) is 1. The van der Waals surface area contributed by atoms with Crippen molar-refractivity contribution in [1.82, 2.24) is 10.2 Å². The van der Waals surface area contributed by atoms with Crippen LogP contribution in [0, 0.1) is 3.57 Å². The first-order chi connectivity index (χ1) is 10.5. The number of hydrogen-bond acceptors (Lipinski definition) is 4. The number of nitrogens with one attached hydrogen (secondary N) is 1. The van der Waals surface area contributed by atoms with E-state index in [0.717, 1.165) is 3.57 Å². The van der Waals surface area contributed by atoms with Crippen LogP contribution in [0.3, 0.4) is 0 Å². The minimum atomic E-state index is -0.0820. The zero-order valence-electron chi connectivity index (χ0n) is 13.5. The highest BCUT2D eigenvalue weighted by Gasteiger charge is 2.29. The van der Waals surface area contributed by atoms with Crippen molar-refractivity contribution >= 4 is 28.5 Å². The van der Waals surface area contributed by atoms with Crippen LogP contribution in [0.15, 0.2) is 12.1 Å². The van der Waals surface area contributed by atoms with E-state index in [1.807, 2.05) is 6.07 Å². The zero-order valence-corrected chi connectivity index (χ0v) is 15.6. The molecule has 0 heterocycles. The first-order valence-corrected chi connectivity index (χ1v) is 8.47. The Bertz CT molecular complexity index is 546. The van der Waals surface area contributed by atoms with Crippen LogP contribution in [-0.4, -0.2) is 50.7 Å². The Morgan fingerprint density at radius 2 is 1.95 bits per heavy atom. The molecule has 0 radical (unpaired) electrons. The Morgan fingerprint density at radius 1 is 1.36 bits per heavy atom. The maximum atomic E-state index is 12.4. The summed E-state index contributed by atoms with van der Waals surface area (Å²) in [6, 6.07) is 4.56. The standard InChI is InChI=1S/C16H23IN2O3/c1-10(19(2)11-5-6-11)9-18-16(20)12-7-14(21-3)15(22-4)8-13(12)17/h7-8,10-11H,5-6,9H2,1-4H3,(H,18,20). The van der Waals surface area contributed by atoms with Gasteiger partial charge in [-0.05, 0) is 61.5 Å². The van der Waals surface area contributed by atoms with Crippen LogP contribution in [0.4, 0.5) is 0 Å². The molecular weight excluding hydrogens is 395 g/mol. The van der Waals surface area contributed by atoms with Gasteiger partial charge >= 0.3 is 0 Å². The molecule has 1 N–H and O–H groups in total. The number of halogens is 1.